The van der Waals surface area contributed by atoms with Gasteiger partial charge in [-0.15, -0.1) is 0 Å². The molecule has 2 rings (SSSR count). The van der Waals surface area contributed by atoms with Gasteiger partial charge in [-0.25, -0.2) is 4.79 Å². The second-order valence-electron chi connectivity index (χ2n) is 4.07. The largest absolute Gasteiger partial charge is 0.475 e. The number of rotatable bonds is 2. The van der Waals surface area contributed by atoms with Crippen molar-refractivity contribution in [3.8, 4) is 0 Å². The molecule has 3 heteroatoms. The minimum atomic E-state index is -0.935. The molecule has 0 atom stereocenters. The highest BCUT2D eigenvalue weighted by Crippen LogP contribution is 2.34. The highest BCUT2D eigenvalue weighted by Gasteiger charge is 2.28. The van der Waals surface area contributed by atoms with Crippen molar-refractivity contribution in [1.82, 2.24) is 0 Å². The lowest BCUT2D eigenvalue weighted by atomic mass is 10.0. The number of furan rings is 1. The Balaban J connectivity index is 2.55. The van der Waals surface area contributed by atoms with Gasteiger partial charge in [0.2, 0.25) is 5.76 Å². The molecule has 0 bridgehead atoms. The lowest BCUT2D eigenvalue weighted by Crippen LogP contribution is -1.97. The van der Waals surface area contributed by atoms with E-state index in [0.717, 1.165) is 36.1 Å². The van der Waals surface area contributed by atoms with Gasteiger partial charge in [-0.1, -0.05) is 13.8 Å². The summed E-state index contributed by atoms with van der Waals surface area (Å²) in [6.45, 7) is 4.06. The molecule has 0 saturated carbocycles. The van der Waals surface area contributed by atoms with E-state index in [0.29, 0.717) is 0 Å². The van der Waals surface area contributed by atoms with Crippen molar-refractivity contribution in [2.45, 2.75) is 39.0 Å². The number of carboxylic acid groups (broad SMARTS) is 1. The summed E-state index contributed by atoms with van der Waals surface area (Å²) in [7, 11) is 0. The van der Waals surface area contributed by atoms with E-state index >= 15 is 0 Å². The Bertz CT molecular complexity index is 374. The quantitative estimate of drug-likeness (QED) is 0.787. The first-order chi connectivity index (χ1) is 6.61. The van der Waals surface area contributed by atoms with E-state index in [4.69, 9.17) is 9.52 Å². The molecule has 1 aliphatic carbocycles. The summed E-state index contributed by atoms with van der Waals surface area (Å²) in [4.78, 5) is 10.9. The normalized spacial score (nSPS) is 14.8. The van der Waals surface area contributed by atoms with E-state index in [9.17, 15) is 4.79 Å². The summed E-state index contributed by atoms with van der Waals surface area (Å²) < 4.78 is 5.41. The summed E-state index contributed by atoms with van der Waals surface area (Å²) in [5.74, 6) is 0.376. The van der Waals surface area contributed by atoms with E-state index < -0.39 is 5.97 Å². The van der Waals surface area contributed by atoms with Crippen LogP contribution in [-0.4, -0.2) is 11.1 Å². The molecule has 1 aromatic rings. The topological polar surface area (TPSA) is 50.4 Å². The first kappa shape index (κ1) is 9.31. The SMILES string of the molecule is CC(C)c1oc(C(=O)O)c2c1CCC2. The minimum absolute atomic E-state index is 0.168. The number of carboxylic acids is 1. The Morgan fingerprint density at radius 3 is 2.57 bits per heavy atom. The summed E-state index contributed by atoms with van der Waals surface area (Å²) in [6, 6.07) is 0. The molecule has 3 nitrogen and oxygen atoms in total. The van der Waals surface area contributed by atoms with Crippen molar-refractivity contribution in [3.05, 3.63) is 22.6 Å². The molecule has 0 amide bonds. The predicted molar refractivity (Wildman–Crippen MR) is 51.8 cm³/mol. The van der Waals surface area contributed by atoms with Crippen LogP contribution in [0.15, 0.2) is 4.42 Å². The number of carbonyl (C=O) groups is 1. The zero-order valence-corrected chi connectivity index (χ0v) is 8.46. The Kier molecular flexibility index (Phi) is 2.10. The molecule has 1 aromatic heterocycles. The molecule has 0 fully saturated rings. The monoisotopic (exact) mass is 194 g/mol. The third-order valence-corrected chi connectivity index (χ3v) is 2.72. The lowest BCUT2D eigenvalue weighted by molar-refractivity contribution is 0.0658. The Labute approximate surface area is 82.7 Å². The van der Waals surface area contributed by atoms with Gasteiger partial charge < -0.3 is 9.52 Å². The highest BCUT2D eigenvalue weighted by molar-refractivity contribution is 5.87. The van der Waals surface area contributed by atoms with Crippen LogP contribution < -0.4 is 0 Å². The standard InChI is InChI=1S/C11H14O3/c1-6(2)9-7-4-3-5-8(7)10(14-9)11(12)13/h6H,3-5H2,1-2H3,(H,12,13). The van der Waals surface area contributed by atoms with E-state index in [2.05, 4.69) is 0 Å². The van der Waals surface area contributed by atoms with Crippen LogP contribution in [0.2, 0.25) is 0 Å². The van der Waals surface area contributed by atoms with Gasteiger partial charge in [0.05, 0.1) is 0 Å². The molecular weight excluding hydrogens is 180 g/mol. The van der Waals surface area contributed by atoms with E-state index in [-0.39, 0.29) is 11.7 Å². The average molecular weight is 194 g/mol. The van der Waals surface area contributed by atoms with Crippen molar-refractivity contribution in [2.24, 2.45) is 0 Å². The molecule has 1 aliphatic rings. The predicted octanol–water partition coefficient (Wildman–Crippen LogP) is 2.59. The van der Waals surface area contributed by atoms with Crippen LogP contribution in [0.1, 0.15) is 53.6 Å². The zero-order valence-electron chi connectivity index (χ0n) is 8.46. The molecule has 1 heterocycles. The van der Waals surface area contributed by atoms with Crippen molar-refractivity contribution < 1.29 is 14.3 Å². The third-order valence-electron chi connectivity index (χ3n) is 2.72. The fourth-order valence-corrected chi connectivity index (χ4v) is 2.14. The van der Waals surface area contributed by atoms with Gasteiger partial charge >= 0.3 is 5.97 Å². The van der Waals surface area contributed by atoms with Gasteiger partial charge in [0, 0.05) is 11.5 Å². The molecule has 76 valence electrons. The van der Waals surface area contributed by atoms with Crippen molar-refractivity contribution in [3.63, 3.8) is 0 Å². The van der Waals surface area contributed by atoms with Crippen molar-refractivity contribution in [1.29, 1.82) is 0 Å². The van der Waals surface area contributed by atoms with Gasteiger partial charge in [-0.05, 0) is 24.8 Å². The van der Waals surface area contributed by atoms with Crippen LogP contribution in [0.3, 0.4) is 0 Å². The Hall–Kier alpha value is -1.25. The van der Waals surface area contributed by atoms with Gasteiger partial charge in [-0.3, -0.25) is 0 Å². The molecule has 0 aliphatic heterocycles. The smallest absolute Gasteiger partial charge is 0.372 e. The molecular formula is C11H14O3. The van der Waals surface area contributed by atoms with Crippen LogP contribution in [0.4, 0.5) is 0 Å². The van der Waals surface area contributed by atoms with E-state index in [1.807, 2.05) is 13.8 Å². The number of fused-ring (bicyclic) bond motifs is 1. The second-order valence-corrected chi connectivity index (χ2v) is 4.07. The zero-order chi connectivity index (χ0) is 10.3. The van der Waals surface area contributed by atoms with Crippen LogP contribution in [0.25, 0.3) is 0 Å². The maximum absolute atomic E-state index is 10.9. The average Bonchev–Trinajstić information content (AvgIpc) is 2.59. The highest BCUT2D eigenvalue weighted by atomic mass is 16.4. The second kappa shape index (κ2) is 3.15. The van der Waals surface area contributed by atoms with Gasteiger partial charge in [-0.2, -0.15) is 0 Å². The summed E-state index contributed by atoms with van der Waals surface area (Å²) in [6.07, 6.45) is 2.88. The maximum Gasteiger partial charge on any atom is 0.372 e. The first-order valence-electron chi connectivity index (χ1n) is 4.99. The third kappa shape index (κ3) is 1.24. The van der Waals surface area contributed by atoms with Crippen LogP contribution in [0.5, 0.6) is 0 Å². The molecule has 0 spiro atoms. The number of aromatic carboxylic acids is 1. The molecule has 0 radical (unpaired) electrons. The number of hydrogen-bond donors (Lipinski definition) is 1. The molecule has 14 heavy (non-hydrogen) atoms. The first-order valence-corrected chi connectivity index (χ1v) is 4.99. The molecule has 1 N–H and O–H groups in total. The lowest BCUT2D eigenvalue weighted by Gasteiger charge is -2.01. The van der Waals surface area contributed by atoms with Crippen molar-refractivity contribution >= 4 is 5.97 Å². The molecule has 0 saturated heterocycles. The maximum atomic E-state index is 10.9. The van der Waals surface area contributed by atoms with Crippen LogP contribution >= 0.6 is 0 Å². The van der Waals surface area contributed by atoms with Gasteiger partial charge in [0.15, 0.2) is 0 Å². The molecule has 0 aromatic carbocycles. The minimum Gasteiger partial charge on any atom is -0.475 e. The van der Waals surface area contributed by atoms with Crippen LogP contribution in [0, 0.1) is 0 Å². The fourth-order valence-electron chi connectivity index (χ4n) is 2.14. The van der Waals surface area contributed by atoms with Crippen LogP contribution in [-0.2, 0) is 12.8 Å². The van der Waals surface area contributed by atoms with Gasteiger partial charge in [0.1, 0.15) is 5.76 Å². The summed E-state index contributed by atoms with van der Waals surface area (Å²) in [5.41, 5.74) is 2.08. The Morgan fingerprint density at radius 2 is 2.00 bits per heavy atom. The fraction of sp³-hybridized carbons (Fsp3) is 0.545. The van der Waals surface area contributed by atoms with E-state index in [1.165, 1.54) is 0 Å². The van der Waals surface area contributed by atoms with Crippen molar-refractivity contribution in [2.75, 3.05) is 0 Å². The Morgan fingerprint density at radius 1 is 1.36 bits per heavy atom. The summed E-state index contributed by atoms with van der Waals surface area (Å²) >= 11 is 0. The number of hydrogen-bond acceptors (Lipinski definition) is 2. The van der Waals surface area contributed by atoms with Gasteiger partial charge in [0.25, 0.3) is 0 Å². The van der Waals surface area contributed by atoms with E-state index in [1.54, 1.807) is 0 Å². The molecule has 0 unspecified atom stereocenters. The summed E-state index contributed by atoms with van der Waals surface area (Å²) in [5, 5.41) is 8.95.